The van der Waals surface area contributed by atoms with Crippen LogP contribution in [0.1, 0.15) is 45.3 Å². The molecule has 22 heavy (non-hydrogen) atoms. The van der Waals surface area contributed by atoms with E-state index in [1.54, 1.807) is 6.92 Å². The van der Waals surface area contributed by atoms with Gasteiger partial charge in [-0.2, -0.15) is 5.10 Å². The zero-order chi connectivity index (χ0) is 16.1. The molecular formula is C16H22N4O2. The number of nitrogens with one attached hydrogen (secondary N) is 1. The molecule has 1 aromatic heterocycles. The number of carbonyl (C=O) groups excluding carboxylic acids is 1. The predicted octanol–water partition coefficient (Wildman–Crippen LogP) is 2.50. The largest absolute Gasteiger partial charge is 0.491 e. The highest BCUT2D eigenvalue weighted by molar-refractivity contribution is 5.80. The molecule has 0 aliphatic rings. The topological polar surface area (TPSA) is 69.0 Å². The Morgan fingerprint density at radius 1 is 1.27 bits per heavy atom. The molecule has 0 saturated carbocycles. The number of carbonyl (C=O) groups is 1. The molecule has 0 fully saturated rings. The van der Waals surface area contributed by atoms with Crippen LogP contribution in [0.25, 0.3) is 0 Å². The predicted molar refractivity (Wildman–Crippen MR) is 83.5 cm³/mol. The minimum absolute atomic E-state index is 0.104. The Hall–Kier alpha value is -2.37. The lowest BCUT2D eigenvalue weighted by molar-refractivity contribution is -0.124. The van der Waals surface area contributed by atoms with Gasteiger partial charge < -0.3 is 10.1 Å². The summed E-state index contributed by atoms with van der Waals surface area (Å²) in [6, 6.07) is 7.24. The van der Waals surface area contributed by atoms with Gasteiger partial charge in [-0.1, -0.05) is 12.1 Å². The fourth-order valence-corrected chi connectivity index (χ4v) is 2.08. The smallest absolute Gasteiger partial charge is 0.245 e. The normalized spacial score (nSPS) is 13.7. The second-order valence-electron chi connectivity index (χ2n) is 5.52. The summed E-state index contributed by atoms with van der Waals surface area (Å²) in [7, 11) is 0. The van der Waals surface area contributed by atoms with E-state index in [-0.39, 0.29) is 18.1 Å². The molecule has 1 aromatic carbocycles. The standard InChI is InChI=1S/C16H22N4O2/c1-11(2)22-15-7-5-6-14(8-15)12(3)19-16(21)13(4)20-10-17-9-18-20/h5-13H,1-4H3,(H,19,21)/t12-,13+/m0/s1. The summed E-state index contributed by atoms with van der Waals surface area (Å²) in [4.78, 5) is 16.1. The van der Waals surface area contributed by atoms with Gasteiger partial charge in [-0.25, -0.2) is 9.67 Å². The molecule has 2 atom stereocenters. The van der Waals surface area contributed by atoms with E-state index in [1.165, 1.54) is 17.3 Å². The van der Waals surface area contributed by atoms with Gasteiger partial charge >= 0.3 is 0 Å². The molecule has 0 unspecified atom stereocenters. The van der Waals surface area contributed by atoms with Crippen molar-refractivity contribution in [1.29, 1.82) is 0 Å². The average molecular weight is 302 g/mol. The number of benzene rings is 1. The zero-order valence-corrected chi connectivity index (χ0v) is 13.4. The molecule has 0 saturated heterocycles. The lowest BCUT2D eigenvalue weighted by atomic mass is 10.1. The number of ether oxygens (including phenoxy) is 1. The highest BCUT2D eigenvalue weighted by Gasteiger charge is 2.18. The maximum Gasteiger partial charge on any atom is 0.245 e. The van der Waals surface area contributed by atoms with Crippen LogP contribution in [0.2, 0.25) is 0 Å². The first-order valence-electron chi connectivity index (χ1n) is 7.38. The molecule has 2 rings (SSSR count). The van der Waals surface area contributed by atoms with Crippen LogP contribution in [-0.4, -0.2) is 26.8 Å². The average Bonchev–Trinajstić information content (AvgIpc) is 3.00. The van der Waals surface area contributed by atoms with E-state index in [0.717, 1.165) is 11.3 Å². The fraction of sp³-hybridized carbons (Fsp3) is 0.438. The molecule has 0 radical (unpaired) electrons. The van der Waals surface area contributed by atoms with Crippen LogP contribution in [0.15, 0.2) is 36.9 Å². The summed E-state index contributed by atoms with van der Waals surface area (Å²) >= 11 is 0. The quantitative estimate of drug-likeness (QED) is 0.890. The van der Waals surface area contributed by atoms with Crippen molar-refractivity contribution < 1.29 is 9.53 Å². The van der Waals surface area contributed by atoms with Gasteiger partial charge in [0, 0.05) is 0 Å². The van der Waals surface area contributed by atoms with Crippen molar-refractivity contribution in [3.8, 4) is 5.75 Å². The first-order chi connectivity index (χ1) is 10.5. The van der Waals surface area contributed by atoms with E-state index >= 15 is 0 Å². The number of hydrogen-bond acceptors (Lipinski definition) is 4. The maximum absolute atomic E-state index is 12.3. The molecule has 0 aliphatic heterocycles. The Morgan fingerprint density at radius 3 is 2.68 bits per heavy atom. The van der Waals surface area contributed by atoms with Gasteiger partial charge in [-0.05, 0) is 45.4 Å². The Morgan fingerprint density at radius 2 is 2.05 bits per heavy atom. The zero-order valence-electron chi connectivity index (χ0n) is 13.4. The number of aromatic nitrogens is 3. The monoisotopic (exact) mass is 302 g/mol. The minimum atomic E-state index is -0.403. The Bertz CT molecular complexity index is 610. The van der Waals surface area contributed by atoms with Crippen molar-refractivity contribution in [1.82, 2.24) is 20.1 Å². The van der Waals surface area contributed by atoms with Crippen LogP contribution >= 0.6 is 0 Å². The van der Waals surface area contributed by atoms with E-state index < -0.39 is 6.04 Å². The van der Waals surface area contributed by atoms with Crippen LogP contribution in [0.5, 0.6) is 5.75 Å². The van der Waals surface area contributed by atoms with Crippen molar-refractivity contribution in [2.24, 2.45) is 0 Å². The van der Waals surface area contributed by atoms with Crippen molar-refractivity contribution >= 4 is 5.91 Å². The highest BCUT2D eigenvalue weighted by Crippen LogP contribution is 2.20. The molecule has 2 aromatic rings. The third-order valence-electron chi connectivity index (χ3n) is 3.30. The van der Waals surface area contributed by atoms with Gasteiger partial charge in [-0.15, -0.1) is 0 Å². The van der Waals surface area contributed by atoms with Gasteiger partial charge in [0.15, 0.2) is 0 Å². The molecule has 0 spiro atoms. The Balaban J connectivity index is 2.02. The second kappa shape index (κ2) is 7.06. The number of amides is 1. The van der Waals surface area contributed by atoms with E-state index in [0.29, 0.717) is 0 Å². The van der Waals surface area contributed by atoms with Crippen LogP contribution in [0.3, 0.4) is 0 Å². The first-order valence-corrected chi connectivity index (χ1v) is 7.38. The van der Waals surface area contributed by atoms with Crippen LogP contribution in [0, 0.1) is 0 Å². The van der Waals surface area contributed by atoms with E-state index in [9.17, 15) is 4.79 Å². The van der Waals surface area contributed by atoms with E-state index in [1.807, 2.05) is 45.0 Å². The maximum atomic E-state index is 12.3. The number of nitrogens with zero attached hydrogens (tertiary/aromatic N) is 3. The van der Waals surface area contributed by atoms with Crippen molar-refractivity contribution in [3.63, 3.8) is 0 Å². The molecule has 0 bridgehead atoms. The van der Waals surface area contributed by atoms with Crippen molar-refractivity contribution in [3.05, 3.63) is 42.5 Å². The van der Waals surface area contributed by atoms with E-state index in [4.69, 9.17) is 4.74 Å². The van der Waals surface area contributed by atoms with Crippen molar-refractivity contribution in [2.45, 2.75) is 45.9 Å². The van der Waals surface area contributed by atoms with Gasteiger partial charge in [0.1, 0.15) is 24.4 Å². The van der Waals surface area contributed by atoms with Gasteiger partial charge in [0.25, 0.3) is 0 Å². The van der Waals surface area contributed by atoms with Crippen LogP contribution < -0.4 is 10.1 Å². The molecule has 118 valence electrons. The SMILES string of the molecule is CC(C)Oc1cccc([C@H](C)NC(=O)[C@@H](C)n2cncn2)c1. The van der Waals surface area contributed by atoms with Gasteiger partial charge in [-0.3, -0.25) is 4.79 Å². The van der Waals surface area contributed by atoms with Crippen LogP contribution in [-0.2, 0) is 4.79 Å². The Labute approximate surface area is 130 Å². The molecule has 1 amide bonds. The summed E-state index contributed by atoms with van der Waals surface area (Å²) in [5.74, 6) is 0.700. The molecule has 6 heteroatoms. The second-order valence-corrected chi connectivity index (χ2v) is 5.52. The first kappa shape index (κ1) is 16.0. The molecule has 1 N–H and O–H groups in total. The molecule has 1 heterocycles. The molecular weight excluding hydrogens is 280 g/mol. The molecule has 6 nitrogen and oxygen atoms in total. The number of rotatable bonds is 6. The summed E-state index contributed by atoms with van der Waals surface area (Å²) < 4.78 is 7.21. The molecule has 0 aliphatic carbocycles. The van der Waals surface area contributed by atoms with E-state index in [2.05, 4.69) is 15.4 Å². The summed E-state index contributed by atoms with van der Waals surface area (Å²) in [5.41, 5.74) is 0.997. The number of hydrogen-bond donors (Lipinski definition) is 1. The lowest BCUT2D eigenvalue weighted by Crippen LogP contribution is -2.33. The Kier molecular flexibility index (Phi) is 5.14. The minimum Gasteiger partial charge on any atom is -0.491 e. The third-order valence-corrected chi connectivity index (χ3v) is 3.30. The third kappa shape index (κ3) is 4.07. The summed E-state index contributed by atoms with van der Waals surface area (Å²) in [5, 5.41) is 6.97. The van der Waals surface area contributed by atoms with Gasteiger partial charge in [0.05, 0.1) is 12.1 Å². The fourth-order valence-electron chi connectivity index (χ4n) is 2.08. The lowest BCUT2D eigenvalue weighted by Gasteiger charge is -2.19. The van der Waals surface area contributed by atoms with Gasteiger partial charge in [0.2, 0.25) is 5.91 Å². The highest BCUT2D eigenvalue weighted by atomic mass is 16.5. The summed E-state index contributed by atoms with van der Waals surface area (Å²) in [6.07, 6.45) is 3.07. The summed E-state index contributed by atoms with van der Waals surface area (Å²) in [6.45, 7) is 7.70. The van der Waals surface area contributed by atoms with Crippen LogP contribution in [0.4, 0.5) is 0 Å². The van der Waals surface area contributed by atoms with Crippen molar-refractivity contribution in [2.75, 3.05) is 0 Å².